The summed E-state index contributed by atoms with van der Waals surface area (Å²) in [6.07, 6.45) is 0. The Hall–Kier alpha value is -2.29. The summed E-state index contributed by atoms with van der Waals surface area (Å²) in [5.41, 5.74) is 4.75. The van der Waals surface area contributed by atoms with Crippen molar-refractivity contribution < 1.29 is 4.74 Å². The number of hydrogen-bond donors (Lipinski definition) is 1. The van der Waals surface area contributed by atoms with Gasteiger partial charge in [-0.3, -0.25) is 0 Å². The van der Waals surface area contributed by atoms with Crippen LogP contribution in [-0.2, 0) is 13.2 Å². The lowest BCUT2D eigenvalue weighted by molar-refractivity contribution is 0.301. The van der Waals surface area contributed by atoms with E-state index < -0.39 is 0 Å². The first-order valence-electron chi connectivity index (χ1n) is 8.87. The number of rotatable bonds is 7. The quantitative estimate of drug-likeness (QED) is 0.548. The van der Waals surface area contributed by atoms with E-state index in [0.717, 1.165) is 16.3 Å². The summed E-state index contributed by atoms with van der Waals surface area (Å²) in [6, 6.07) is 24.7. The largest absolute Gasteiger partial charge is 0.489 e. The van der Waals surface area contributed by atoms with Gasteiger partial charge in [-0.1, -0.05) is 66.2 Å². The molecule has 0 radical (unpaired) electrons. The van der Waals surface area contributed by atoms with Gasteiger partial charge in [-0.05, 0) is 48.7 Å². The molecule has 3 aromatic carbocycles. The summed E-state index contributed by atoms with van der Waals surface area (Å²) in [6.45, 7) is 5.51. The molecule has 134 valence electrons. The average molecular weight is 366 g/mol. The normalized spacial score (nSPS) is 12.0. The predicted octanol–water partition coefficient (Wildman–Crippen LogP) is 6.08. The van der Waals surface area contributed by atoms with Crippen LogP contribution in [0.1, 0.15) is 35.2 Å². The lowest BCUT2D eigenvalue weighted by Gasteiger charge is -2.17. The summed E-state index contributed by atoms with van der Waals surface area (Å²) in [7, 11) is 0. The molecule has 0 heterocycles. The molecule has 0 fully saturated rings. The first kappa shape index (κ1) is 18.5. The van der Waals surface area contributed by atoms with Crippen LogP contribution in [0.4, 0.5) is 0 Å². The van der Waals surface area contributed by atoms with E-state index in [1.165, 1.54) is 16.7 Å². The van der Waals surface area contributed by atoms with E-state index in [0.29, 0.717) is 13.2 Å². The van der Waals surface area contributed by atoms with E-state index in [1.807, 2.05) is 36.4 Å². The maximum Gasteiger partial charge on any atom is 0.124 e. The first-order chi connectivity index (χ1) is 12.6. The topological polar surface area (TPSA) is 21.3 Å². The highest BCUT2D eigenvalue weighted by molar-refractivity contribution is 6.30. The molecule has 3 heteroatoms. The van der Waals surface area contributed by atoms with Crippen LogP contribution in [0, 0.1) is 6.92 Å². The lowest BCUT2D eigenvalue weighted by Crippen LogP contribution is -2.18. The fourth-order valence-corrected chi connectivity index (χ4v) is 3.07. The van der Waals surface area contributed by atoms with Crippen LogP contribution in [0.25, 0.3) is 0 Å². The molecule has 0 saturated carbocycles. The summed E-state index contributed by atoms with van der Waals surface area (Å²) >= 11 is 6.21. The molecule has 0 saturated heterocycles. The number of hydrogen-bond acceptors (Lipinski definition) is 2. The summed E-state index contributed by atoms with van der Waals surface area (Å²) in [4.78, 5) is 0. The van der Waals surface area contributed by atoms with Gasteiger partial charge in [0, 0.05) is 23.2 Å². The van der Waals surface area contributed by atoms with Crippen molar-refractivity contribution in [2.24, 2.45) is 0 Å². The fraction of sp³-hybridized carbons (Fsp3) is 0.217. The van der Waals surface area contributed by atoms with Crippen LogP contribution in [0.3, 0.4) is 0 Å². The zero-order valence-corrected chi connectivity index (χ0v) is 16.0. The van der Waals surface area contributed by atoms with Gasteiger partial charge >= 0.3 is 0 Å². The SMILES string of the molecule is Cc1ccccc1COc1ccc(Cl)cc1CN[C@H](C)c1ccccc1. The van der Waals surface area contributed by atoms with Crippen LogP contribution < -0.4 is 10.1 Å². The van der Waals surface area contributed by atoms with Crippen molar-refractivity contribution in [3.05, 3.63) is 100 Å². The van der Waals surface area contributed by atoms with E-state index in [2.05, 4.69) is 55.6 Å². The third kappa shape index (κ3) is 4.87. The molecule has 0 aliphatic carbocycles. The Morgan fingerprint density at radius 3 is 2.42 bits per heavy atom. The zero-order chi connectivity index (χ0) is 18.4. The molecular weight excluding hydrogens is 342 g/mol. The van der Waals surface area contributed by atoms with Gasteiger partial charge in [0.05, 0.1) is 0 Å². The van der Waals surface area contributed by atoms with Crippen molar-refractivity contribution >= 4 is 11.6 Å². The monoisotopic (exact) mass is 365 g/mol. The summed E-state index contributed by atoms with van der Waals surface area (Å²) < 4.78 is 6.10. The molecule has 0 unspecified atom stereocenters. The van der Waals surface area contributed by atoms with E-state index in [9.17, 15) is 0 Å². The van der Waals surface area contributed by atoms with E-state index in [4.69, 9.17) is 16.3 Å². The second-order valence-corrected chi connectivity index (χ2v) is 6.92. The molecule has 0 bridgehead atoms. The van der Waals surface area contributed by atoms with Crippen LogP contribution in [0.5, 0.6) is 5.75 Å². The zero-order valence-electron chi connectivity index (χ0n) is 15.2. The second kappa shape index (κ2) is 8.88. The Kier molecular flexibility index (Phi) is 6.32. The highest BCUT2D eigenvalue weighted by atomic mass is 35.5. The van der Waals surface area contributed by atoms with Gasteiger partial charge in [-0.2, -0.15) is 0 Å². The number of ether oxygens (including phenoxy) is 1. The van der Waals surface area contributed by atoms with Crippen molar-refractivity contribution in [3.8, 4) is 5.75 Å². The van der Waals surface area contributed by atoms with E-state index >= 15 is 0 Å². The third-order valence-corrected chi connectivity index (χ3v) is 4.80. The number of nitrogens with one attached hydrogen (secondary N) is 1. The molecule has 1 atom stereocenters. The number of aryl methyl sites for hydroxylation is 1. The lowest BCUT2D eigenvalue weighted by atomic mass is 10.1. The predicted molar refractivity (Wildman–Crippen MR) is 109 cm³/mol. The minimum atomic E-state index is 0.249. The van der Waals surface area contributed by atoms with Crippen molar-refractivity contribution in [3.63, 3.8) is 0 Å². The molecule has 3 rings (SSSR count). The molecule has 0 aliphatic heterocycles. The Labute approximate surface area is 160 Å². The molecule has 0 aromatic heterocycles. The number of benzene rings is 3. The van der Waals surface area contributed by atoms with Crippen molar-refractivity contribution in [1.29, 1.82) is 0 Å². The third-order valence-electron chi connectivity index (χ3n) is 4.57. The van der Waals surface area contributed by atoms with Gasteiger partial charge in [-0.25, -0.2) is 0 Å². The molecule has 2 nitrogen and oxygen atoms in total. The molecule has 0 spiro atoms. The second-order valence-electron chi connectivity index (χ2n) is 6.48. The van der Waals surface area contributed by atoms with Gasteiger partial charge < -0.3 is 10.1 Å². The Morgan fingerprint density at radius 1 is 0.923 bits per heavy atom. The Balaban J connectivity index is 1.69. The number of halogens is 1. The highest BCUT2D eigenvalue weighted by Crippen LogP contribution is 2.25. The average Bonchev–Trinajstić information content (AvgIpc) is 2.67. The highest BCUT2D eigenvalue weighted by Gasteiger charge is 2.09. The van der Waals surface area contributed by atoms with Crippen LogP contribution >= 0.6 is 11.6 Å². The standard InChI is InChI=1S/C23H24ClNO/c1-17-8-6-7-11-20(17)16-26-23-13-12-22(24)14-21(23)15-25-18(2)19-9-4-3-5-10-19/h3-14,18,25H,15-16H2,1-2H3/t18-/m1/s1. The maximum absolute atomic E-state index is 6.21. The molecule has 3 aromatic rings. The molecule has 1 N–H and O–H groups in total. The molecule has 0 amide bonds. The van der Waals surface area contributed by atoms with Crippen molar-refractivity contribution in [2.75, 3.05) is 0 Å². The summed E-state index contributed by atoms with van der Waals surface area (Å²) in [5.74, 6) is 0.866. The van der Waals surface area contributed by atoms with Gasteiger partial charge in [0.25, 0.3) is 0 Å². The molecule has 0 aliphatic rings. The van der Waals surface area contributed by atoms with Gasteiger partial charge in [0.1, 0.15) is 12.4 Å². The van der Waals surface area contributed by atoms with Crippen LogP contribution in [-0.4, -0.2) is 0 Å². The minimum absolute atomic E-state index is 0.249. The maximum atomic E-state index is 6.21. The molecular formula is C23H24ClNO. The Bertz CT molecular complexity index is 848. The van der Waals surface area contributed by atoms with Crippen LogP contribution in [0.2, 0.25) is 5.02 Å². The van der Waals surface area contributed by atoms with Crippen molar-refractivity contribution in [2.45, 2.75) is 33.0 Å². The van der Waals surface area contributed by atoms with Crippen molar-refractivity contribution in [1.82, 2.24) is 5.32 Å². The summed E-state index contributed by atoms with van der Waals surface area (Å²) in [5, 5.41) is 4.27. The first-order valence-corrected chi connectivity index (χ1v) is 9.25. The Morgan fingerprint density at radius 2 is 1.65 bits per heavy atom. The minimum Gasteiger partial charge on any atom is -0.489 e. The van der Waals surface area contributed by atoms with E-state index in [-0.39, 0.29) is 6.04 Å². The van der Waals surface area contributed by atoms with Gasteiger partial charge in [-0.15, -0.1) is 0 Å². The fourth-order valence-electron chi connectivity index (χ4n) is 2.88. The van der Waals surface area contributed by atoms with Gasteiger partial charge in [0.15, 0.2) is 0 Å². The van der Waals surface area contributed by atoms with E-state index in [1.54, 1.807) is 0 Å². The molecule has 26 heavy (non-hydrogen) atoms. The van der Waals surface area contributed by atoms with Gasteiger partial charge in [0.2, 0.25) is 0 Å². The smallest absolute Gasteiger partial charge is 0.124 e. The van der Waals surface area contributed by atoms with Crippen LogP contribution in [0.15, 0.2) is 72.8 Å².